The summed E-state index contributed by atoms with van der Waals surface area (Å²) in [6.07, 6.45) is 10.1. The first kappa shape index (κ1) is 8.18. The Bertz CT molecular complexity index is 271. The van der Waals surface area contributed by atoms with Crippen molar-refractivity contribution in [2.24, 2.45) is 5.92 Å². The van der Waals surface area contributed by atoms with E-state index < -0.39 is 0 Å². The Kier molecular flexibility index (Phi) is 2.14. The molecule has 1 aliphatic carbocycles. The van der Waals surface area contributed by atoms with Crippen LogP contribution in [0.2, 0.25) is 0 Å². The Balaban J connectivity index is 2.12. The molecular weight excluding hydrogens is 164 g/mol. The zero-order valence-electron chi connectivity index (χ0n) is 7.50. The van der Waals surface area contributed by atoms with Gasteiger partial charge in [0.05, 0.1) is 5.25 Å². The zero-order valence-corrected chi connectivity index (χ0v) is 8.32. The quantitative estimate of drug-likeness (QED) is 0.620. The van der Waals surface area contributed by atoms with Gasteiger partial charge in [0, 0.05) is 4.91 Å². The summed E-state index contributed by atoms with van der Waals surface area (Å²) in [5.41, 5.74) is 1.41. The van der Waals surface area contributed by atoms with Gasteiger partial charge in [0.25, 0.3) is 0 Å². The molecule has 1 atom stereocenters. The molecule has 0 saturated carbocycles. The van der Waals surface area contributed by atoms with Crippen LogP contribution in [0.5, 0.6) is 0 Å². The van der Waals surface area contributed by atoms with Crippen molar-refractivity contribution in [2.75, 3.05) is 0 Å². The molecule has 0 amide bonds. The summed E-state index contributed by atoms with van der Waals surface area (Å²) in [6, 6.07) is 0. The molecule has 0 nitrogen and oxygen atoms in total. The Hall–Kier alpha value is -0.430. The lowest BCUT2D eigenvalue weighted by molar-refractivity contribution is 0.651. The number of hydrogen-bond donors (Lipinski definition) is 0. The van der Waals surface area contributed by atoms with E-state index in [4.69, 9.17) is 0 Å². The van der Waals surface area contributed by atoms with Gasteiger partial charge in [-0.2, -0.15) is 0 Å². The first-order valence-corrected chi connectivity index (χ1v) is 5.28. The van der Waals surface area contributed by atoms with Crippen LogP contribution in [-0.4, -0.2) is 0 Å². The first-order valence-electron chi connectivity index (χ1n) is 4.46. The maximum atomic E-state index is 2.33. The lowest BCUT2D eigenvalue weighted by Crippen LogP contribution is -1.98. The standard InChI is InChI=1S/C11H13S/c1-3-8(2)11-7-9-5-4-6-10(9)12-11/h4-8H,3H2,1-2H3. The summed E-state index contributed by atoms with van der Waals surface area (Å²) in [4.78, 5) is 1.44. The Morgan fingerprint density at radius 1 is 1.50 bits per heavy atom. The summed E-state index contributed by atoms with van der Waals surface area (Å²) < 4.78 is 0. The molecule has 0 aromatic heterocycles. The van der Waals surface area contributed by atoms with E-state index >= 15 is 0 Å². The van der Waals surface area contributed by atoms with Crippen molar-refractivity contribution >= 4 is 11.8 Å². The zero-order chi connectivity index (χ0) is 8.55. The number of allylic oxidation sites excluding steroid dienone is 4. The molecular formula is C11H13S. The van der Waals surface area contributed by atoms with Crippen LogP contribution in [0, 0.1) is 11.2 Å². The molecule has 1 radical (unpaired) electrons. The van der Waals surface area contributed by atoms with E-state index in [1.165, 1.54) is 22.1 Å². The SMILES string of the molecule is CCC(C)[C]1C=C2C=CC=C2S1. The van der Waals surface area contributed by atoms with Crippen LogP contribution in [0.4, 0.5) is 0 Å². The first-order chi connectivity index (χ1) is 5.81. The average Bonchev–Trinajstić information content (AvgIpc) is 2.60. The second-order valence-corrected chi connectivity index (χ2v) is 4.42. The molecule has 0 N–H and O–H groups in total. The second kappa shape index (κ2) is 3.14. The molecule has 2 rings (SSSR count). The van der Waals surface area contributed by atoms with Gasteiger partial charge in [-0.1, -0.05) is 38.5 Å². The minimum atomic E-state index is 0.724. The topological polar surface area (TPSA) is 0 Å². The van der Waals surface area contributed by atoms with E-state index in [2.05, 4.69) is 38.2 Å². The lowest BCUT2D eigenvalue weighted by Gasteiger charge is -2.12. The van der Waals surface area contributed by atoms with Crippen LogP contribution in [-0.2, 0) is 0 Å². The fourth-order valence-corrected chi connectivity index (χ4v) is 2.58. The molecule has 63 valence electrons. The van der Waals surface area contributed by atoms with Crippen LogP contribution >= 0.6 is 11.8 Å². The normalized spacial score (nSPS) is 23.8. The van der Waals surface area contributed by atoms with Crippen LogP contribution in [0.3, 0.4) is 0 Å². The highest BCUT2D eigenvalue weighted by Gasteiger charge is 2.25. The van der Waals surface area contributed by atoms with Crippen molar-refractivity contribution in [3.8, 4) is 0 Å². The molecule has 0 aromatic carbocycles. The third-order valence-corrected chi connectivity index (χ3v) is 3.78. The van der Waals surface area contributed by atoms with Crippen molar-refractivity contribution in [3.05, 3.63) is 40.0 Å². The molecule has 2 aliphatic rings. The number of hydrogen-bond acceptors (Lipinski definition) is 1. The molecule has 1 heterocycles. The lowest BCUT2D eigenvalue weighted by atomic mass is 10.0. The Morgan fingerprint density at radius 2 is 2.33 bits per heavy atom. The van der Waals surface area contributed by atoms with Crippen molar-refractivity contribution in [3.63, 3.8) is 0 Å². The summed E-state index contributed by atoms with van der Waals surface area (Å²) >= 11 is 1.94. The summed E-state index contributed by atoms with van der Waals surface area (Å²) in [7, 11) is 0. The highest BCUT2D eigenvalue weighted by molar-refractivity contribution is 8.06. The van der Waals surface area contributed by atoms with E-state index in [0.29, 0.717) is 0 Å². The van der Waals surface area contributed by atoms with Crippen LogP contribution in [0.25, 0.3) is 0 Å². The number of rotatable bonds is 2. The molecule has 0 fully saturated rings. The molecule has 0 spiro atoms. The molecule has 0 saturated heterocycles. The molecule has 0 aromatic rings. The summed E-state index contributed by atoms with van der Waals surface area (Å²) in [5.74, 6) is 0.724. The third kappa shape index (κ3) is 1.27. The van der Waals surface area contributed by atoms with Gasteiger partial charge >= 0.3 is 0 Å². The smallest absolute Gasteiger partial charge is 0.0608 e. The van der Waals surface area contributed by atoms with Gasteiger partial charge in [0.2, 0.25) is 0 Å². The van der Waals surface area contributed by atoms with E-state index in [1.807, 2.05) is 11.8 Å². The summed E-state index contributed by atoms with van der Waals surface area (Å²) in [6.45, 7) is 4.54. The number of fused-ring (bicyclic) bond motifs is 1. The van der Waals surface area contributed by atoms with Gasteiger partial charge < -0.3 is 0 Å². The minimum Gasteiger partial charge on any atom is -0.112 e. The van der Waals surface area contributed by atoms with Gasteiger partial charge in [-0.3, -0.25) is 0 Å². The molecule has 12 heavy (non-hydrogen) atoms. The van der Waals surface area contributed by atoms with E-state index in [0.717, 1.165) is 5.92 Å². The number of thioether (sulfide) groups is 1. The molecule has 0 bridgehead atoms. The fraction of sp³-hybridized carbons (Fsp3) is 0.364. The van der Waals surface area contributed by atoms with Crippen molar-refractivity contribution in [2.45, 2.75) is 20.3 Å². The minimum absolute atomic E-state index is 0.724. The molecule has 1 unspecified atom stereocenters. The van der Waals surface area contributed by atoms with Crippen molar-refractivity contribution in [1.29, 1.82) is 0 Å². The van der Waals surface area contributed by atoms with Gasteiger partial charge in [0.1, 0.15) is 0 Å². The summed E-state index contributed by atoms with van der Waals surface area (Å²) in [5, 5.41) is 1.53. The second-order valence-electron chi connectivity index (χ2n) is 3.30. The highest BCUT2D eigenvalue weighted by atomic mass is 32.2. The van der Waals surface area contributed by atoms with Crippen LogP contribution in [0.15, 0.2) is 34.8 Å². The van der Waals surface area contributed by atoms with Crippen LogP contribution < -0.4 is 0 Å². The Labute approximate surface area is 78.4 Å². The van der Waals surface area contributed by atoms with Gasteiger partial charge in [-0.25, -0.2) is 0 Å². The highest BCUT2D eigenvalue weighted by Crippen LogP contribution is 2.48. The maximum absolute atomic E-state index is 2.33. The van der Waals surface area contributed by atoms with Gasteiger partial charge in [-0.15, -0.1) is 11.8 Å². The Morgan fingerprint density at radius 3 is 3.00 bits per heavy atom. The third-order valence-electron chi connectivity index (χ3n) is 2.43. The van der Waals surface area contributed by atoms with E-state index in [-0.39, 0.29) is 0 Å². The van der Waals surface area contributed by atoms with Crippen molar-refractivity contribution in [1.82, 2.24) is 0 Å². The predicted molar refractivity (Wildman–Crippen MR) is 55.6 cm³/mol. The van der Waals surface area contributed by atoms with E-state index in [1.54, 1.807) is 0 Å². The predicted octanol–water partition coefficient (Wildman–Crippen LogP) is 3.69. The fourth-order valence-electron chi connectivity index (χ4n) is 1.38. The average molecular weight is 177 g/mol. The van der Waals surface area contributed by atoms with Gasteiger partial charge in [0.15, 0.2) is 0 Å². The van der Waals surface area contributed by atoms with Crippen LogP contribution in [0.1, 0.15) is 20.3 Å². The van der Waals surface area contributed by atoms with Gasteiger partial charge in [-0.05, 0) is 17.6 Å². The monoisotopic (exact) mass is 177 g/mol. The molecule has 1 heteroatoms. The molecule has 1 aliphatic heterocycles. The van der Waals surface area contributed by atoms with E-state index in [9.17, 15) is 0 Å². The largest absolute Gasteiger partial charge is 0.112 e. The maximum Gasteiger partial charge on any atom is 0.0608 e. The van der Waals surface area contributed by atoms with Crippen molar-refractivity contribution < 1.29 is 0 Å².